The Morgan fingerprint density at radius 2 is 2.10 bits per heavy atom. The van der Waals surface area contributed by atoms with Crippen LogP contribution in [0.2, 0.25) is 0 Å². The van der Waals surface area contributed by atoms with E-state index in [4.69, 9.17) is 4.74 Å². The van der Waals surface area contributed by atoms with Crippen molar-refractivity contribution in [2.45, 2.75) is 44.4 Å². The standard InChI is InChI=1S/C17H26N2O/c1-14-12-19(13-16-9-5-6-10-20-16)17(11-18-14)15-7-3-2-4-8-15/h2-4,7-8,14,16-18H,5-6,9-13H2,1H3. The highest BCUT2D eigenvalue weighted by Gasteiger charge is 2.29. The van der Waals surface area contributed by atoms with Crippen LogP contribution in [0.5, 0.6) is 0 Å². The van der Waals surface area contributed by atoms with Crippen molar-refractivity contribution in [1.82, 2.24) is 10.2 Å². The molecule has 2 heterocycles. The minimum atomic E-state index is 0.431. The van der Waals surface area contributed by atoms with E-state index in [0.29, 0.717) is 18.2 Å². The monoisotopic (exact) mass is 274 g/mol. The van der Waals surface area contributed by atoms with Crippen LogP contribution in [0.4, 0.5) is 0 Å². The predicted octanol–water partition coefficient (Wildman–Crippen LogP) is 2.59. The Hall–Kier alpha value is -0.900. The van der Waals surface area contributed by atoms with Crippen molar-refractivity contribution < 1.29 is 4.74 Å². The van der Waals surface area contributed by atoms with Crippen molar-refractivity contribution >= 4 is 0 Å². The molecule has 0 amide bonds. The van der Waals surface area contributed by atoms with Crippen LogP contribution in [0, 0.1) is 0 Å². The van der Waals surface area contributed by atoms with Gasteiger partial charge in [-0.25, -0.2) is 0 Å². The number of ether oxygens (including phenoxy) is 1. The van der Waals surface area contributed by atoms with Crippen LogP contribution >= 0.6 is 0 Å². The Morgan fingerprint density at radius 1 is 1.25 bits per heavy atom. The second-order valence-corrected chi connectivity index (χ2v) is 6.18. The SMILES string of the molecule is CC1CN(CC2CCCCO2)C(c2ccccc2)CN1. The zero-order chi connectivity index (χ0) is 13.8. The number of rotatable bonds is 3. The minimum absolute atomic E-state index is 0.431. The molecule has 0 aliphatic carbocycles. The Balaban J connectivity index is 1.69. The first-order valence-corrected chi connectivity index (χ1v) is 7.97. The van der Waals surface area contributed by atoms with Crippen LogP contribution in [0.3, 0.4) is 0 Å². The maximum absolute atomic E-state index is 5.94. The summed E-state index contributed by atoms with van der Waals surface area (Å²) in [7, 11) is 0. The molecular weight excluding hydrogens is 248 g/mol. The third-order valence-corrected chi connectivity index (χ3v) is 4.51. The summed E-state index contributed by atoms with van der Waals surface area (Å²) in [4.78, 5) is 2.62. The zero-order valence-electron chi connectivity index (χ0n) is 12.4. The van der Waals surface area contributed by atoms with Gasteiger partial charge in [-0.05, 0) is 31.7 Å². The average molecular weight is 274 g/mol. The normalized spacial score (nSPS) is 32.1. The van der Waals surface area contributed by atoms with Gasteiger partial charge in [0.25, 0.3) is 0 Å². The van der Waals surface area contributed by atoms with Gasteiger partial charge in [-0.2, -0.15) is 0 Å². The molecule has 2 fully saturated rings. The summed E-state index contributed by atoms with van der Waals surface area (Å²) < 4.78 is 5.94. The van der Waals surface area contributed by atoms with Gasteiger partial charge in [0.2, 0.25) is 0 Å². The van der Waals surface area contributed by atoms with Gasteiger partial charge in [-0.1, -0.05) is 30.3 Å². The van der Waals surface area contributed by atoms with E-state index in [2.05, 4.69) is 47.5 Å². The van der Waals surface area contributed by atoms with E-state index < -0.39 is 0 Å². The first-order chi connectivity index (χ1) is 9.83. The molecule has 3 rings (SSSR count). The molecule has 1 aromatic carbocycles. The summed E-state index contributed by atoms with van der Waals surface area (Å²) >= 11 is 0. The van der Waals surface area contributed by atoms with Gasteiger partial charge in [0.05, 0.1) is 6.10 Å². The van der Waals surface area contributed by atoms with Crippen LogP contribution < -0.4 is 5.32 Å². The van der Waals surface area contributed by atoms with Crippen LogP contribution in [0.25, 0.3) is 0 Å². The van der Waals surface area contributed by atoms with E-state index >= 15 is 0 Å². The lowest BCUT2D eigenvalue weighted by Crippen LogP contribution is -2.53. The van der Waals surface area contributed by atoms with Gasteiger partial charge in [-0.15, -0.1) is 0 Å². The number of piperazine rings is 1. The molecule has 3 heteroatoms. The van der Waals surface area contributed by atoms with Crippen LogP contribution in [-0.4, -0.2) is 43.3 Å². The lowest BCUT2D eigenvalue weighted by atomic mass is 9.99. The highest BCUT2D eigenvalue weighted by atomic mass is 16.5. The van der Waals surface area contributed by atoms with Crippen molar-refractivity contribution in [1.29, 1.82) is 0 Å². The van der Waals surface area contributed by atoms with Crippen LogP contribution in [-0.2, 0) is 4.74 Å². The van der Waals surface area contributed by atoms with Gasteiger partial charge in [0.15, 0.2) is 0 Å². The molecule has 0 bridgehead atoms. The highest BCUT2D eigenvalue weighted by molar-refractivity contribution is 5.20. The second kappa shape index (κ2) is 6.70. The fraction of sp³-hybridized carbons (Fsp3) is 0.647. The minimum Gasteiger partial charge on any atom is -0.377 e. The molecule has 3 unspecified atom stereocenters. The lowest BCUT2D eigenvalue weighted by Gasteiger charge is -2.41. The van der Waals surface area contributed by atoms with Gasteiger partial charge >= 0.3 is 0 Å². The van der Waals surface area contributed by atoms with Crippen molar-refractivity contribution in [2.75, 3.05) is 26.2 Å². The molecule has 20 heavy (non-hydrogen) atoms. The predicted molar refractivity (Wildman–Crippen MR) is 81.8 cm³/mol. The molecule has 3 nitrogen and oxygen atoms in total. The number of nitrogens with zero attached hydrogens (tertiary/aromatic N) is 1. The molecule has 2 aliphatic heterocycles. The van der Waals surface area contributed by atoms with E-state index in [1.54, 1.807) is 0 Å². The Kier molecular flexibility index (Phi) is 4.71. The molecule has 2 saturated heterocycles. The van der Waals surface area contributed by atoms with Gasteiger partial charge in [-0.3, -0.25) is 4.90 Å². The van der Waals surface area contributed by atoms with E-state index in [-0.39, 0.29) is 0 Å². The lowest BCUT2D eigenvalue weighted by molar-refractivity contribution is -0.0209. The Bertz CT molecular complexity index is 403. The first-order valence-electron chi connectivity index (χ1n) is 7.97. The third-order valence-electron chi connectivity index (χ3n) is 4.51. The molecule has 0 aromatic heterocycles. The summed E-state index contributed by atoms with van der Waals surface area (Å²) in [5, 5.41) is 3.62. The largest absolute Gasteiger partial charge is 0.377 e. The number of benzene rings is 1. The van der Waals surface area contributed by atoms with Crippen LogP contribution in [0.15, 0.2) is 30.3 Å². The number of nitrogens with one attached hydrogen (secondary N) is 1. The maximum Gasteiger partial charge on any atom is 0.0702 e. The van der Waals surface area contributed by atoms with Gasteiger partial charge in [0.1, 0.15) is 0 Å². The topological polar surface area (TPSA) is 24.5 Å². The quantitative estimate of drug-likeness (QED) is 0.917. The van der Waals surface area contributed by atoms with E-state index in [1.807, 2.05) is 0 Å². The fourth-order valence-corrected chi connectivity index (χ4v) is 3.40. The summed E-state index contributed by atoms with van der Waals surface area (Å²) in [5.74, 6) is 0. The first kappa shape index (κ1) is 14.1. The van der Waals surface area contributed by atoms with Gasteiger partial charge < -0.3 is 10.1 Å². The zero-order valence-corrected chi connectivity index (χ0v) is 12.4. The summed E-state index contributed by atoms with van der Waals surface area (Å²) in [6, 6.07) is 11.9. The van der Waals surface area contributed by atoms with E-state index in [1.165, 1.54) is 24.8 Å². The smallest absolute Gasteiger partial charge is 0.0702 e. The molecule has 1 N–H and O–H groups in total. The molecule has 0 spiro atoms. The average Bonchev–Trinajstić information content (AvgIpc) is 2.49. The maximum atomic E-state index is 5.94. The Morgan fingerprint density at radius 3 is 2.85 bits per heavy atom. The number of hydrogen-bond acceptors (Lipinski definition) is 3. The third kappa shape index (κ3) is 3.40. The molecule has 3 atom stereocenters. The number of hydrogen-bond donors (Lipinski definition) is 1. The molecule has 1 aromatic rings. The molecule has 0 radical (unpaired) electrons. The fourth-order valence-electron chi connectivity index (χ4n) is 3.40. The molecule has 110 valence electrons. The summed E-state index contributed by atoms with van der Waals surface area (Å²) in [5.41, 5.74) is 1.42. The van der Waals surface area contributed by atoms with Crippen molar-refractivity contribution in [3.8, 4) is 0 Å². The summed E-state index contributed by atoms with van der Waals surface area (Å²) in [6.07, 6.45) is 4.21. The second-order valence-electron chi connectivity index (χ2n) is 6.18. The molecular formula is C17H26N2O. The highest BCUT2D eigenvalue weighted by Crippen LogP contribution is 2.25. The van der Waals surface area contributed by atoms with Crippen molar-refractivity contribution in [2.24, 2.45) is 0 Å². The molecule has 0 saturated carbocycles. The van der Waals surface area contributed by atoms with Crippen LogP contribution in [0.1, 0.15) is 37.8 Å². The molecule has 2 aliphatic rings. The van der Waals surface area contributed by atoms with Gasteiger partial charge in [0, 0.05) is 38.3 Å². The van der Waals surface area contributed by atoms with Crippen molar-refractivity contribution in [3.05, 3.63) is 35.9 Å². The van der Waals surface area contributed by atoms with Crippen molar-refractivity contribution in [3.63, 3.8) is 0 Å². The van der Waals surface area contributed by atoms with E-state index in [9.17, 15) is 0 Å². The Labute approximate surface area is 122 Å². The summed E-state index contributed by atoms with van der Waals surface area (Å²) in [6.45, 7) is 6.45. The van der Waals surface area contributed by atoms with E-state index in [0.717, 1.165) is 26.2 Å².